The number of esters is 1. The minimum Gasteiger partial charge on any atom is -0.497 e. The summed E-state index contributed by atoms with van der Waals surface area (Å²) < 4.78 is 20.6. The van der Waals surface area contributed by atoms with Gasteiger partial charge in [-0.15, -0.1) is 0 Å². The molecule has 6 nitrogen and oxygen atoms in total. The summed E-state index contributed by atoms with van der Waals surface area (Å²) in [4.78, 5) is 23.2. The van der Waals surface area contributed by atoms with Crippen molar-refractivity contribution in [3.8, 4) is 23.0 Å². The number of hydrogen-bond acceptors (Lipinski definition) is 6. The van der Waals surface area contributed by atoms with Gasteiger partial charge in [-0.05, 0) is 47.5 Å². The van der Waals surface area contributed by atoms with Crippen molar-refractivity contribution in [2.45, 2.75) is 26.2 Å². The van der Waals surface area contributed by atoms with Crippen molar-refractivity contribution in [3.05, 3.63) is 83.9 Å². The lowest BCUT2D eigenvalue weighted by Crippen LogP contribution is -2.19. The highest BCUT2D eigenvalue weighted by Crippen LogP contribution is 2.33. The van der Waals surface area contributed by atoms with Crippen LogP contribution in [-0.4, -0.2) is 19.2 Å². The van der Waals surface area contributed by atoms with Gasteiger partial charge in [0.1, 0.15) is 23.0 Å². The normalized spacial score (nSPS) is 10.8. The van der Waals surface area contributed by atoms with E-state index in [0.717, 1.165) is 16.9 Å². The van der Waals surface area contributed by atoms with Gasteiger partial charge in [0.25, 0.3) is 0 Å². The highest BCUT2D eigenvalue weighted by Gasteiger charge is 2.23. The number of methoxy groups -OCH3 is 1. The number of carbonyl (C=O) groups is 2. The van der Waals surface area contributed by atoms with Crippen LogP contribution in [-0.2, 0) is 10.2 Å². The second-order valence-electron chi connectivity index (χ2n) is 7.40. The molecule has 0 saturated carbocycles. The molecule has 0 aromatic heterocycles. The van der Waals surface area contributed by atoms with E-state index in [1.165, 1.54) is 13.0 Å². The van der Waals surface area contributed by atoms with E-state index in [-0.39, 0.29) is 16.9 Å². The van der Waals surface area contributed by atoms with E-state index in [1.54, 1.807) is 37.4 Å². The maximum absolute atomic E-state index is 12.1. The lowest BCUT2D eigenvalue weighted by atomic mass is 9.78. The monoisotopic (exact) mass is 420 g/mol. The molecular formula is C25H24O6. The Balaban J connectivity index is 1.66. The van der Waals surface area contributed by atoms with Gasteiger partial charge >= 0.3 is 12.1 Å². The summed E-state index contributed by atoms with van der Waals surface area (Å²) in [5.41, 5.74) is 1.95. The summed E-state index contributed by atoms with van der Waals surface area (Å²) in [5.74, 6) is 1.19. The van der Waals surface area contributed by atoms with Gasteiger partial charge in [0.05, 0.1) is 7.11 Å². The minimum absolute atomic E-state index is 0.209. The topological polar surface area (TPSA) is 71.1 Å². The summed E-state index contributed by atoms with van der Waals surface area (Å²) in [6.45, 7) is 5.53. The molecule has 0 spiro atoms. The number of hydrogen-bond donors (Lipinski definition) is 0. The Labute approximate surface area is 181 Å². The lowest BCUT2D eigenvalue weighted by molar-refractivity contribution is -0.131. The summed E-state index contributed by atoms with van der Waals surface area (Å²) in [5, 5.41) is 0. The van der Waals surface area contributed by atoms with Gasteiger partial charge in [-0.1, -0.05) is 44.2 Å². The molecule has 0 saturated heterocycles. The molecule has 0 fully saturated rings. The van der Waals surface area contributed by atoms with Crippen molar-refractivity contribution in [1.82, 2.24) is 0 Å². The van der Waals surface area contributed by atoms with Crippen LogP contribution < -0.4 is 18.9 Å². The Morgan fingerprint density at radius 2 is 1.16 bits per heavy atom. The molecule has 0 amide bonds. The molecule has 3 aromatic rings. The van der Waals surface area contributed by atoms with Crippen LogP contribution in [0.4, 0.5) is 4.79 Å². The average Bonchev–Trinajstić information content (AvgIpc) is 2.74. The van der Waals surface area contributed by atoms with E-state index in [1.807, 2.05) is 36.4 Å². The third-order valence-electron chi connectivity index (χ3n) is 4.86. The van der Waals surface area contributed by atoms with Crippen LogP contribution in [0, 0.1) is 0 Å². The van der Waals surface area contributed by atoms with E-state index in [9.17, 15) is 9.59 Å². The molecule has 3 rings (SSSR count). The van der Waals surface area contributed by atoms with Crippen LogP contribution in [0.2, 0.25) is 0 Å². The van der Waals surface area contributed by atoms with Crippen molar-refractivity contribution < 1.29 is 28.5 Å². The van der Waals surface area contributed by atoms with E-state index < -0.39 is 12.1 Å². The predicted octanol–water partition coefficient (Wildman–Crippen LogP) is 5.52. The largest absolute Gasteiger partial charge is 0.519 e. The molecule has 0 radical (unpaired) electrons. The molecule has 0 atom stereocenters. The van der Waals surface area contributed by atoms with E-state index in [0.29, 0.717) is 5.75 Å². The van der Waals surface area contributed by atoms with E-state index in [2.05, 4.69) is 13.8 Å². The van der Waals surface area contributed by atoms with Gasteiger partial charge in [-0.3, -0.25) is 4.79 Å². The zero-order chi connectivity index (χ0) is 22.4. The first-order valence-electron chi connectivity index (χ1n) is 9.71. The van der Waals surface area contributed by atoms with Crippen LogP contribution in [0.25, 0.3) is 0 Å². The maximum atomic E-state index is 12.1. The quantitative estimate of drug-likeness (QED) is 0.297. The number of carbonyl (C=O) groups excluding carboxylic acids is 2. The molecule has 0 bridgehead atoms. The number of ether oxygens (including phenoxy) is 4. The molecule has 3 aromatic carbocycles. The van der Waals surface area contributed by atoms with Gasteiger partial charge in [-0.2, -0.15) is 0 Å². The molecule has 0 N–H and O–H groups in total. The smallest absolute Gasteiger partial charge is 0.497 e. The molecular weight excluding hydrogens is 396 g/mol. The van der Waals surface area contributed by atoms with Gasteiger partial charge < -0.3 is 18.9 Å². The van der Waals surface area contributed by atoms with Crippen molar-refractivity contribution >= 4 is 12.1 Å². The summed E-state index contributed by atoms with van der Waals surface area (Å²) in [7, 11) is 1.64. The highest BCUT2D eigenvalue weighted by atomic mass is 16.7. The highest BCUT2D eigenvalue weighted by molar-refractivity contribution is 5.70. The summed E-state index contributed by atoms with van der Waals surface area (Å²) in [6.07, 6.45) is -0.887. The minimum atomic E-state index is -0.887. The second kappa shape index (κ2) is 9.34. The van der Waals surface area contributed by atoms with Gasteiger partial charge in [0.2, 0.25) is 0 Å². The third kappa shape index (κ3) is 5.63. The fraction of sp³-hybridized carbons (Fsp3) is 0.200. The van der Waals surface area contributed by atoms with Crippen molar-refractivity contribution in [3.63, 3.8) is 0 Å². The first kappa shape index (κ1) is 21.9. The fourth-order valence-electron chi connectivity index (χ4n) is 3.09. The summed E-state index contributed by atoms with van der Waals surface area (Å²) >= 11 is 0. The maximum Gasteiger partial charge on any atom is 0.519 e. The molecule has 6 heteroatoms. The number of rotatable bonds is 6. The molecule has 0 aliphatic carbocycles. The van der Waals surface area contributed by atoms with Crippen LogP contribution in [0.1, 0.15) is 31.9 Å². The SMILES string of the molecule is COc1ccc(C(C)(C)c2ccc(OC(=O)Oc3cccc(OC(C)=O)c3)cc2)cc1. The first-order chi connectivity index (χ1) is 14.8. The van der Waals surface area contributed by atoms with Crippen molar-refractivity contribution in [2.75, 3.05) is 7.11 Å². The molecule has 0 unspecified atom stereocenters. The fourth-order valence-corrected chi connectivity index (χ4v) is 3.09. The van der Waals surface area contributed by atoms with Gasteiger partial charge in [-0.25, -0.2) is 4.79 Å². The van der Waals surface area contributed by atoms with Gasteiger partial charge in [0, 0.05) is 18.4 Å². The lowest BCUT2D eigenvalue weighted by Gasteiger charge is -2.26. The Hall–Kier alpha value is -3.80. The zero-order valence-electron chi connectivity index (χ0n) is 17.9. The van der Waals surface area contributed by atoms with Crippen LogP contribution in [0.15, 0.2) is 72.8 Å². The summed E-state index contributed by atoms with van der Waals surface area (Å²) in [6, 6.07) is 21.4. The molecule has 160 valence electrons. The van der Waals surface area contributed by atoms with Crippen molar-refractivity contribution in [1.29, 1.82) is 0 Å². The first-order valence-corrected chi connectivity index (χ1v) is 9.71. The van der Waals surface area contributed by atoms with Gasteiger partial charge in [0.15, 0.2) is 0 Å². The molecule has 0 aliphatic rings. The Bertz CT molecular complexity index is 1050. The Kier molecular flexibility index (Phi) is 6.60. The average molecular weight is 420 g/mol. The van der Waals surface area contributed by atoms with Crippen LogP contribution in [0.3, 0.4) is 0 Å². The predicted molar refractivity (Wildman–Crippen MR) is 116 cm³/mol. The van der Waals surface area contributed by atoms with E-state index >= 15 is 0 Å². The van der Waals surface area contributed by atoms with Crippen LogP contribution in [0.5, 0.6) is 23.0 Å². The van der Waals surface area contributed by atoms with E-state index in [4.69, 9.17) is 18.9 Å². The number of benzene rings is 3. The second-order valence-corrected chi connectivity index (χ2v) is 7.40. The third-order valence-corrected chi connectivity index (χ3v) is 4.86. The Morgan fingerprint density at radius 3 is 1.68 bits per heavy atom. The van der Waals surface area contributed by atoms with Crippen molar-refractivity contribution in [2.24, 2.45) is 0 Å². The molecule has 0 aliphatic heterocycles. The van der Waals surface area contributed by atoms with Crippen LogP contribution >= 0.6 is 0 Å². The molecule has 0 heterocycles. The Morgan fingerprint density at radius 1 is 0.677 bits per heavy atom. The standard InChI is InChI=1S/C25H24O6/c1-17(26)29-22-6-5-7-23(16-22)31-24(27)30-21-14-10-19(11-15-21)25(2,3)18-8-12-20(28-4)13-9-18/h5-16H,1-4H3. The molecule has 31 heavy (non-hydrogen) atoms. The zero-order valence-corrected chi connectivity index (χ0v) is 17.9.